The molecule has 1 aliphatic carbocycles. The fourth-order valence-corrected chi connectivity index (χ4v) is 5.43. The molecule has 5 aromatic rings. The highest BCUT2D eigenvalue weighted by Crippen LogP contribution is 2.35. The monoisotopic (exact) mass is 538 g/mol. The molecule has 1 amide bonds. The van der Waals surface area contributed by atoms with Gasteiger partial charge >= 0.3 is 0 Å². The molecule has 4 heterocycles. The molecule has 1 aromatic carbocycles. The van der Waals surface area contributed by atoms with Gasteiger partial charge in [0.2, 0.25) is 5.89 Å². The summed E-state index contributed by atoms with van der Waals surface area (Å²) in [6.45, 7) is 12.2. The van der Waals surface area contributed by atoms with Gasteiger partial charge in [-0.3, -0.25) is 9.48 Å². The number of H-pyrrole nitrogens is 1. The van der Waals surface area contributed by atoms with Crippen LogP contribution in [-0.4, -0.2) is 40.8 Å². The number of aromatic amines is 1. The number of rotatable bonds is 5. The Morgan fingerprint density at radius 1 is 1.18 bits per heavy atom. The summed E-state index contributed by atoms with van der Waals surface area (Å²) in [6, 6.07) is 8.61. The molecular weight excluding hydrogens is 504 g/mol. The summed E-state index contributed by atoms with van der Waals surface area (Å²) in [7, 11) is 0. The van der Waals surface area contributed by atoms with Gasteiger partial charge in [-0.1, -0.05) is 44.1 Å². The second-order valence-corrected chi connectivity index (χ2v) is 11.8. The zero-order chi connectivity index (χ0) is 28.2. The first-order chi connectivity index (χ1) is 19.1. The number of pyridine rings is 1. The number of nitrogens with zero attached hydrogens (tertiary/aromatic N) is 6. The Morgan fingerprint density at radius 3 is 2.73 bits per heavy atom. The molecule has 206 valence electrons. The first-order valence-electron chi connectivity index (χ1n) is 13.8. The summed E-state index contributed by atoms with van der Waals surface area (Å²) in [5, 5.41) is 11.6. The van der Waals surface area contributed by atoms with Crippen molar-refractivity contribution in [3.05, 3.63) is 65.2 Å². The van der Waals surface area contributed by atoms with Gasteiger partial charge in [0.25, 0.3) is 11.7 Å². The molecule has 0 aliphatic heterocycles. The van der Waals surface area contributed by atoms with Crippen LogP contribution in [0.4, 0.5) is 0 Å². The van der Waals surface area contributed by atoms with E-state index in [9.17, 15) is 4.79 Å². The summed E-state index contributed by atoms with van der Waals surface area (Å²) < 4.78 is 7.31. The summed E-state index contributed by atoms with van der Waals surface area (Å²) in [5.41, 5.74) is 7.73. The molecule has 0 saturated heterocycles. The summed E-state index contributed by atoms with van der Waals surface area (Å²) >= 11 is 0. The topological polar surface area (TPSA) is 127 Å². The zero-order valence-electron chi connectivity index (χ0n) is 23.7. The molecule has 10 nitrogen and oxygen atoms in total. The number of benzene rings is 1. The summed E-state index contributed by atoms with van der Waals surface area (Å²) in [4.78, 5) is 30.1. The fraction of sp³-hybridized carbons (Fsp3) is 0.400. The smallest absolute Gasteiger partial charge is 0.293 e. The van der Waals surface area contributed by atoms with Crippen LogP contribution < -0.4 is 5.32 Å². The predicted molar refractivity (Wildman–Crippen MR) is 152 cm³/mol. The Morgan fingerprint density at radius 2 is 2.00 bits per heavy atom. The maximum absolute atomic E-state index is 13.0. The van der Waals surface area contributed by atoms with Crippen LogP contribution >= 0.6 is 0 Å². The van der Waals surface area contributed by atoms with Gasteiger partial charge in [-0.2, -0.15) is 10.1 Å². The largest absolute Gasteiger partial charge is 0.342 e. The molecule has 40 heavy (non-hydrogen) atoms. The maximum atomic E-state index is 13.0. The Kier molecular flexibility index (Phi) is 6.28. The van der Waals surface area contributed by atoms with E-state index in [1.807, 2.05) is 37.7 Å². The van der Waals surface area contributed by atoms with Crippen LogP contribution in [0.5, 0.6) is 0 Å². The van der Waals surface area contributed by atoms with Crippen LogP contribution in [-0.2, 0) is 11.8 Å². The van der Waals surface area contributed by atoms with E-state index in [4.69, 9.17) is 9.51 Å². The molecule has 6 rings (SSSR count). The number of amides is 1. The number of aromatic nitrogens is 7. The van der Waals surface area contributed by atoms with Crippen LogP contribution in [0.1, 0.15) is 92.9 Å². The van der Waals surface area contributed by atoms with Crippen LogP contribution in [0.25, 0.3) is 33.7 Å². The molecule has 1 aliphatic rings. The molecule has 2 N–H and O–H groups in total. The molecule has 0 radical (unpaired) electrons. The SMILES string of the molecule is Cc1c(-c2nc3nccc(-c4ccc5c(c4)CCC[C@@H]5NC(=O)c4noc(C(C)(C)C)n4)c3[nH]2)cnn1C(C)C. The fourth-order valence-electron chi connectivity index (χ4n) is 5.43. The number of carbonyl (C=O) groups excluding carboxylic acids is 1. The number of fused-ring (bicyclic) bond motifs is 2. The third-order valence-corrected chi connectivity index (χ3v) is 7.53. The number of carbonyl (C=O) groups is 1. The first kappa shape index (κ1) is 25.9. The lowest BCUT2D eigenvalue weighted by Crippen LogP contribution is -2.31. The van der Waals surface area contributed by atoms with Crippen molar-refractivity contribution in [2.75, 3.05) is 0 Å². The second kappa shape index (κ2) is 9.69. The number of hydrogen-bond donors (Lipinski definition) is 2. The Balaban J connectivity index is 1.29. The molecule has 4 aromatic heterocycles. The lowest BCUT2D eigenvalue weighted by molar-refractivity contribution is 0.0919. The van der Waals surface area contributed by atoms with Gasteiger partial charge in [-0.05, 0) is 62.8 Å². The van der Waals surface area contributed by atoms with Crippen molar-refractivity contribution in [2.24, 2.45) is 0 Å². The van der Waals surface area contributed by atoms with Crippen molar-refractivity contribution in [3.8, 4) is 22.5 Å². The van der Waals surface area contributed by atoms with Crippen LogP contribution in [0.2, 0.25) is 0 Å². The van der Waals surface area contributed by atoms with Gasteiger partial charge in [0.05, 0.1) is 23.3 Å². The lowest BCUT2D eigenvalue weighted by atomic mass is 9.85. The highest BCUT2D eigenvalue weighted by Gasteiger charge is 2.28. The van der Waals surface area contributed by atoms with Crippen molar-refractivity contribution in [1.82, 2.24) is 40.2 Å². The average molecular weight is 539 g/mol. The Hall–Kier alpha value is -4.34. The predicted octanol–water partition coefficient (Wildman–Crippen LogP) is 5.87. The standard InChI is InChI=1S/C30H34N8O2/c1-16(2)38-17(3)22(15-32-38)25-34-24-21(12-13-31-26(24)35-25)19-10-11-20-18(14-19)8-7-9-23(20)33-28(39)27-36-29(40-37-27)30(4,5)6/h10-16,23H,7-9H2,1-6H3,(H,33,39)(H,31,34,35)/t23-/m0/s1. The number of hydrogen-bond acceptors (Lipinski definition) is 7. The van der Waals surface area contributed by atoms with E-state index in [1.165, 1.54) is 5.56 Å². The second-order valence-electron chi connectivity index (χ2n) is 11.8. The Bertz CT molecular complexity index is 1720. The van der Waals surface area contributed by atoms with Gasteiger partial charge in [0, 0.05) is 28.9 Å². The van der Waals surface area contributed by atoms with Crippen molar-refractivity contribution in [3.63, 3.8) is 0 Å². The first-order valence-corrected chi connectivity index (χ1v) is 13.8. The average Bonchev–Trinajstić information content (AvgIpc) is 3.66. The van der Waals surface area contributed by atoms with Gasteiger partial charge < -0.3 is 14.8 Å². The molecule has 0 bridgehead atoms. The molecule has 0 unspecified atom stereocenters. The van der Waals surface area contributed by atoms with Crippen molar-refractivity contribution in [1.29, 1.82) is 0 Å². The maximum Gasteiger partial charge on any atom is 0.293 e. The van der Waals surface area contributed by atoms with E-state index in [0.717, 1.165) is 58.6 Å². The third-order valence-electron chi connectivity index (χ3n) is 7.53. The number of imidazole rings is 1. The van der Waals surface area contributed by atoms with Gasteiger partial charge in [0.1, 0.15) is 5.82 Å². The molecule has 1 atom stereocenters. The van der Waals surface area contributed by atoms with E-state index >= 15 is 0 Å². The molecular formula is C30H34N8O2. The van der Waals surface area contributed by atoms with Crippen molar-refractivity contribution < 1.29 is 9.32 Å². The quantitative estimate of drug-likeness (QED) is 0.287. The Labute approximate surface area is 232 Å². The van der Waals surface area contributed by atoms with Gasteiger partial charge in [-0.25, -0.2) is 9.97 Å². The third kappa shape index (κ3) is 4.57. The molecule has 0 fully saturated rings. The normalized spacial score (nSPS) is 15.5. The molecule has 10 heteroatoms. The number of aryl methyl sites for hydroxylation is 1. The minimum atomic E-state index is -0.321. The van der Waals surface area contributed by atoms with E-state index < -0.39 is 0 Å². The van der Waals surface area contributed by atoms with E-state index in [-0.39, 0.29) is 29.2 Å². The van der Waals surface area contributed by atoms with Crippen molar-refractivity contribution in [2.45, 2.75) is 78.3 Å². The summed E-state index contributed by atoms with van der Waals surface area (Å²) in [5.74, 6) is 0.951. The molecule has 0 saturated carbocycles. The minimum absolute atomic E-state index is 0.0667. The number of nitrogens with one attached hydrogen (secondary N) is 2. The van der Waals surface area contributed by atoms with Gasteiger partial charge in [0.15, 0.2) is 5.65 Å². The van der Waals surface area contributed by atoms with Crippen LogP contribution in [0.15, 0.2) is 41.2 Å². The van der Waals surface area contributed by atoms with Gasteiger partial charge in [-0.15, -0.1) is 0 Å². The highest BCUT2D eigenvalue weighted by molar-refractivity contribution is 5.92. The summed E-state index contributed by atoms with van der Waals surface area (Å²) in [6.07, 6.45) is 6.43. The lowest BCUT2D eigenvalue weighted by Gasteiger charge is -2.26. The molecule has 0 spiro atoms. The van der Waals surface area contributed by atoms with Crippen LogP contribution in [0.3, 0.4) is 0 Å². The van der Waals surface area contributed by atoms with E-state index in [1.54, 1.807) is 6.20 Å². The van der Waals surface area contributed by atoms with E-state index in [0.29, 0.717) is 11.5 Å². The van der Waals surface area contributed by atoms with Crippen LogP contribution in [0, 0.1) is 6.92 Å². The minimum Gasteiger partial charge on any atom is -0.342 e. The van der Waals surface area contributed by atoms with E-state index in [2.05, 4.69) is 69.5 Å². The highest BCUT2D eigenvalue weighted by atomic mass is 16.5. The van der Waals surface area contributed by atoms with Crippen molar-refractivity contribution >= 4 is 17.1 Å². The zero-order valence-corrected chi connectivity index (χ0v) is 23.7.